The van der Waals surface area contributed by atoms with Crippen molar-refractivity contribution in [3.05, 3.63) is 54.1 Å². The highest BCUT2D eigenvalue weighted by Crippen LogP contribution is 2.42. The standard InChI is InChI=1S/C24H25NO5/c1-15-9-10-20-21(11-15)24(28)25(23(20)27)17-6-4-8-19(13-17)30-14-22(26)16-5-3-7-18(12-16)29-2/h3-8,12-13,15,20-21H,9-11,14H2,1-2H3/t15-,20+,21-/m1/s1. The first-order valence-electron chi connectivity index (χ1n) is 10.3. The minimum Gasteiger partial charge on any atom is -0.497 e. The molecule has 2 aromatic carbocycles. The number of methoxy groups -OCH3 is 1. The second-order valence-electron chi connectivity index (χ2n) is 8.08. The predicted octanol–water partition coefficient (Wildman–Crippen LogP) is 3.88. The lowest BCUT2D eigenvalue weighted by Crippen LogP contribution is -2.30. The number of hydrogen-bond acceptors (Lipinski definition) is 5. The van der Waals surface area contributed by atoms with Gasteiger partial charge in [-0.15, -0.1) is 0 Å². The number of fused-ring (bicyclic) bond motifs is 1. The van der Waals surface area contributed by atoms with Crippen LogP contribution in [0.2, 0.25) is 0 Å². The Morgan fingerprint density at radius 3 is 2.53 bits per heavy atom. The molecule has 0 N–H and O–H groups in total. The lowest BCUT2D eigenvalue weighted by atomic mass is 9.76. The van der Waals surface area contributed by atoms with Crippen LogP contribution in [0.4, 0.5) is 5.69 Å². The van der Waals surface area contributed by atoms with Crippen molar-refractivity contribution in [3.63, 3.8) is 0 Å². The third-order valence-corrected chi connectivity index (χ3v) is 6.03. The Labute approximate surface area is 175 Å². The summed E-state index contributed by atoms with van der Waals surface area (Å²) in [5.41, 5.74) is 0.993. The van der Waals surface area contributed by atoms with E-state index in [2.05, 4.69) is 6.92 Å². The molecular weight excluding hydrogens is 382 g/mol. The van der Waals surface area contributed by atoms with Crippen molar-refractivity contribution in [2.24, 2.45) is 17.8 Å². The van der Waals surface area contributed by atoms with Crippen LogP contribution in [0.1, 0.15) is 36.5 Å². The molecule has 1 saturated heterocycles. The van der Waals surface area contributed by atoms with E-state index < -0.39 is 0 Å². The number of nitrogens with zero attached hydrogens (tertiary/aromatic N) is 1. The minimum atomic E-state index is -0.222. The number of benzene rings is 2. The van der Waals surface area contributed by atoms with Crippen molar-refractivity contribution < 1.29 is 23.9 Å². The van der Waals surface area contributed by atoms with Gasteiger partial charge in [0, 0.05) is 11.6 Å². The molecule has 0 aromatic heterocycles. The number of carbonyl (C=O) groups is 3. The van der Waals surface area contributed by atoms with Crippen LogP contribution in [0.5, 0.6) is 11.5 Å². The van der Waals surface area contributed by atoms with Gasteiger partial charge in [0.05, 0.1) is 24.6 Å². The summed E-state index contributed by atoms with van der Waals surface area (Å²) in [7, 11) is 1.54. The van der Waals surface area contributed by atoms with Crippen molar-refractivity contribution >= 4 is 23.3 Å². The molecule has 4 rings (SSSR count). The number of Topliss-reactive ketones (excluding diaryl/α,β-unsaturated/α-hetero) is 1. The number of anilines is 1. The third-order valence-electron chi connectivity index (χ3n) is 6.03. The summed E-state index contributed by atoms with van der Waals surface area (Å²) in [6, 6.07) is 13.7. The Balaban J connectivity index is 1.47. The highest BCUT2D eigenvalue weighted by molar-refractivity contribution is 6.22. The highest BCUT2D eigenvalue weighted by Gasteiger charge is 2.50. The molecule has 0 spiro atoms. The fourth-order valence-corrected chi connectivity index (χ4v) is 4.39. The molecule has 30 heavy (non-hydrogen) atoms. The Kier molecular flexibility index (Phi) is 5.57. The van der Waals surface area contributed by atoms with Crippen LogP contribution < -0.4 is 14.4 Å². The maximum Gasteiger partial charge on any atom is 0.237 e. The molecule has 1 aliphatic heterocycles. The zero-order valence-corrected chi connectivity index (χ0v) is 17.2. The summed E-state index contributed by atoms with van der Waals surface area (Å²) < 4.78 is 10.8. The number of ketones is 1. The van der Waals surface area contributed by atoms with E-state index in [1.165, 1.54) is 4.90 Å². The maximum atomic E-state index is 12.9. The maximum absolute atomic E-state index is 12.9. The molecular formula is C24H25NO5. The molecule has 2 amide bonds. The van der Waals surface area contributed by atoms with Gasteiger partial charge in [0.1, 0.15) is 11.5 Å². The smallest absolute Gasteiger partial charge is 0.237 e. The summed E-state index contributed by atoms with van der Waals surface area (Å²) in [6.45, 7) is 1.98. The average molecular weight is 407 g/mol. The summed E-state index contributed by atoms with van der Waals surface area (Å²) in [6.07, 6.45) is 2.50. The van der Waals surface area contributed by atoms with Crippen molar-refractivity contribution in [2.75, 3.05) is 18.6 Å². The lowest BCUT2D eigenvalue weighted by molar-refractivity contribution is -0.122. The average Bonchev–Trinajstić information content (AvgIpc) is 3.01. The Morgan fingerprint density at radius 2 is 1.73 bits per heavy atom. The van der Waals surface area contributed by atoms with Gasteiger partial charge < -0.3 is 9.47 Å². The van der Waals surface area contributed by atoms with Crippen LogP contribution in [0.3, 0.4) is 0 Å². The number of rotatable bonds is 6. The molecule has 1 heterocycles. The van der Waals surface area contributed by atoms with Gasteiger partial charge in [0.15, 0.2) is 12.4 Å². The second-order valence-corrected chi connectivity index (χ2v) is 8.08. The quantitative estimate of drug-likeness (QED) is 0.537. The van der Waals surface area contributed by atoms with Crippen molar-refractivity contribution in [3.8, 4) is 11.5 Å². The Morgan fingerprint density at radius 1 is 1.00 bits per heavy atom. The van der Waals surface area contributed by atoms with Crippen molar-refractivity contribution in [2.45, 2.75) is 26.2 Å². The van der Waals surface area contributed by atoms with Gasteiger partial charge in [-0.3, -0.25) is 14.4 Å². The number of imide groups is 1. The SMILES string of the molecule is COc1cccc(C(=O)COc2cccc(N3C(=O)[C@H]4CC[C@@H](C)C[C@H]4C3=O)c2)c1. The molecule has 2 aromatic rings. The van der Waals surface area contributed by atoms with Gasteiger partial charge in [-0.25, -0.2) is 4.90 Å². The molecule has 0 unspecified atom stereocenters. The first kappa shape index (κ1) is 20.1. The Bertz CT molecular complexity index is 985. The molecule has 6 nitrogen and oxygen atoms in total. The van der Waals surface area contributed by atoms with E-state index in [1.807, 2.05) is 0 Å². The second kappa shape index (κ2) is 8.30. The van der Waals surface area contributed by atoms with Crippen LogP contribution in [0.25, 0.3) is 0 Å². The van der Waals surface area contributed by atoms with E-state index in [4.69, 9.17) is 9.47 Å². The van der Waals surface area contributed by atoms with Crippen LogP contribution >= 0.6 is 0 Å². The topological polar surface area (TPSA) is 72.9 Å². The minimum absolute atomic E-state index is 0.124. The van der Waals surface area contributed by atoms with Crippen molar-refractivity contribution in [1.29, 1.82) is 0 Å². The van der Waals surface area contributed by atoms with Crippen LogP contribution in [0.15, 0.2) is 48.5 Å². The number of amides is 2. The van der Waals surface area contributed by atoms with Gasteiger partial charge in [0.25, 0.3) is 0 Å². The van der Waals surface area contributed by atoms with Gasteiger partial charge in [-0.2, -0.15) is 0 Å². The fraction of sp³-hybridized carbons (Fsp3) is 0.375. The van der Waals surface area contributed by atoms with Gasteiger partial charge in [-0.1, -0.05) is 25.1 Å². The molecule has 2 aliphatic rings. The van der Waals surface area contributed by atoms with E-state index in [0.717, 1.165) is 19.3 Å². The molecule has 3 atom stereocenters. The molecule has 156 valence electrons. The first-order chi connectivity index (χ1) is 14.5. The molecule has 2 fully saturated rings. The van der Waals surface area contributed by atoms with E-state index in [9.17, 15) is 14.4 Å². The fourth-order valence-electron chi connectivity index (χ4n) is 4.39. The van der Waals surface area contributed by atoms with Crippen LogP contribution in [0, 0.1) is 17.8 Å². The summed E-state index contributed by atoms with van der Waals surface area (Å²) >= 11 is 0. The largest absolute Gasteiger partial charge is 0.497 e. The first-order valence-corrected chi connectivity index (χ1v) is 10.3. The summed E-state index contributed by atoms with van der Waals surface area (Å²) in [5, 5.41) is 0. The van der Waals surface area contributed by atoms with E-state index in [1.54, 1.807) is 55.6 Å². The van der Waals surface area contributed by atoms with Crippen LogP contribution in [-0.4, -0.2) is 31.3 Å². The molecule has 0 radical (unpaired) electrons. The molecule has 1 aliphatic carbocycles. The van der Waals surface area contributed by atoms with Gasteiger partial charge in [-0.05, 0) is 49.4 Å². The lowest BCUT2D eigenvalue weighted by Gasteiger charge is -2.25. The zero-order valence-electron chi connectivity index (χ0n) is 17.2. The number of carbonyl (C=O) groups excluding carboxylic acids is 3. The van der Waals surface area contributed by atoms with Crippen LogP contribution in [-0.2, 0) is 9.59 Å². The van der Waals surface area contributed by atoms with Crippen molar-refractivity contribution in [1.82, 2.24) is 0 Å². The monoisotopic (exact) mass is 407 g/mol. The molecule has 6 heteroatoms. The Hall–Kier alpha value is -3.15. The summed E-state index contributed by atoms with van der Waals surface area (Å²) in [4.78, 5) is 39.5. The highest BCUT2D eigenvalue weighted by atomic mass is 16.5. The third kappa shape index (κ3) is 3.82. The number of ether oxygens (including phenoxy) is 2. The van der Waals surface area contributed by atoms with E-state index >= 15 is 0 Å². The van der Waals surface area contributed by atoms with E-state index in [0.29, 0.717) is 28.7 Å². The normalized spacial score (nSPS) is 23.3. The summed E-state index contributed by atoms with van der Waals surface area (Å²) in [5.74, 6) is 0.626. The molecule has 1 saturated carbocycles. The predicted molar refractivity (Wildman–Crippen MR) is 112 cm³/mol. The van der Waals surface area contributed by atoms with Gasteiger partial charge >= 0.3 is 0 Å². The van der Waals surface area contributed by atoms with E-state index in [-0.39, 0.29) is 36.0 Å². The molecule has 0 bridgehead atoms. The number of hydrogen-bond donors (Lipinski definition) is 0. The zero-order chi connectivity index (χ0) is 21.3. The van der Waals surface area contributed by atoms with Gasteiger partial charge in [0.2, 0.25) is 11.8 Å².